The van der Waals surface area contributed by atoms with Gasteiger partial charge in [-0.05, 0) is 93.6 Å². The van der Waals surface area contributed by atoms with Crippen LogP contribution in [0.15, 0.2) is 30.5 Å². The van der Waals surface area contributed by atoms with Crippen LogP contribution in [-0.4, -0.2) is 43.0 Å². The van der Waals surface area contributed by atoms with Crippen molar-refractivity contribution in [2.45, 2.75) is 40.0 Å². The Balaban J connectivity index is 1.73. The highest BCUT2D eigenvalue weighted by molar-refractivity contribution is 5.91. The van der Waals surface area contributed by atoms with Gasteiger partial charge in [0.2, 0.25) is 5.91 Å². The molecule has 1 amide bonds. The molecule has 0 saturated heterocycles. The van der Waals surface area contributed by atoms with Gasteiger partial charge in [-0.25, -0.2) is 4.98 Å². The van der Waals surface area contributed by atoms with Gasteiger partial charge in [-0.1, -0.05) is 13.0 Å². The van der Waals surface area contributed by atoms with Gasteiger partial charge in [0.15, 0.2) is 0 Å². The van der Waals surface area contributed by atoms with Crippen LogP contribution in [0.4, 0.5) is 5.82 Å². The monoisotopic (exact) mass is 395 g/mol. The van der Waals surface area contributed by atoms with E-state index in [1.165, 1.54) is 22.3 Å². The molecule has 0 bridgehead atoms. The van der Waals surface area contributed by atoms with Crippen molar-refractivity contribution >= 4 is 11.7 Å². The van der Waals surface area contributed by atoms with Gasteiger partial charge in [0.25, 0.3) is 0 Å². The maximum absolute atomic E-state index is 12.8. The minimum atomic E-state index is -0.0665. The summed E-state index contributed by atoms with van der Waals surface area (Å²) in [6.45, 7) is 7.94. The Morgan fingerprint density at radius 3 is 2.79 bits per heavy atom. The maximum atomic E-state index is 12.8. The number of aromatic nitrogens is 1. The fourth-order valence-electron chi connectivity index (χ4n) is 4.13. The van der Waals surface area contributed by atoms with Gasteiger partial charge < -0.3 is 15.0 Å². The summed E-state index contributed by atoms with van der Waals surface area (Å²) in [5.41, 5.74) is 5.34. The molecular weight excluding hydrogens is 362 g/mol. The van der Waals surface area contributed by atoms with E-state index in [0.29, 0.717) is 18.3 Å². The van der Waals surface area contributed by atoms with Crippen LogP contribution in [0.5, 0.6) is 5.75 Å². The molecule has 1 aliphatic carbocycles. The number of likely N-dealkylation sites (N-methyl/N-ethyl adjacent to an activating group) is 1. The molecule has 156 valence electrons. The number of hydrogen-bond acceptors (Lipinski definition) is 4. The first kappa shape index (κ1) is 21.3. The van der Waals surface area contributed by atoms with E-state index in [1.54, 1.807) is 6.20 Å². The van der Waals surface area contributed by atoms with Crippen molar-refractivity contribution in [2.24, 2.45) is 11.8 Å². The summed E-state index contributed by atoms with van der Waals surface area (Å²) in [4.78, 5) is 19.1. The van der Waals surface area contributed by atoms with Gasteiger partial charge in [0.05, 0.1) is 0 Å². The lowest BCUT2D eigenvalue weighted by Gasteiger charge is -2.31. The molecule has 29 heavy (non-hydrogen) atoms. The highest BCUT2D eigenvalue weighted by Crippen LogP contribution is 2.37. The molecule has 5 nitrogen and oxygen atoms in total. The molecule has 1 aliphatic rings. The number of fused-ring (bicyclic) bond motifs is 1. The van der Waals surface area contributed by atoms with Crippen LogP contribution in [0, 0.1) is 25.7 Å². The molecule has 1 N–H and O–H groups in total. The molecule has 0 radical (unpaired) electrons. The average molecular weight is 396 g/mol. The molecule has 0 aliphatic heterocycles. The number of aryl methyl sites for hydroxylation is 1. The van der Waals surface area contributed by atoms with Gasteiger partial charge in [0.1, 0.15) is 18.2 Å². The second-order valence-electron chi connectivity index (χ2n) is 8.42. The van der Waals surface area contributed by atoms with Crippen LogP contribution in [0.25, 0.3) is 0 Å². The third-order valence-electron chi connectivity index (χ3n) is 6.07. The summed E-state index contributed by atoms with van der Waals surface area (Å²) in [6, 6.07) is 7.74. The lowest BCUT2D eigenvalue weighted by Crippen LogP contribution is -2.31. The Kier molecular flexibility index (Phi) is 6.91. The van der Waals surface area contributed by atoms with E-state index in [2.05, 4.69) is 49.2 Å². The van der Waals surface area contributed by atoms with Crippen LogP contribution in [0.2, 0.25) is 0 Å². The first-order valence-electron chi connectivity index (χ1n) is 10.5. The number of carbonyl (C=O) groups is 1. The van der Waals surface area contributed by atoms with Gasteiger partial charge in [-0.3, -0.25) is 4.79 Å². The molecule has 2 atom stereocenters. The van der Waals surface area contributed by atoms with E-state index >= 15 is 0 Å². The Morgan fingerprint density at radius 2 is 2.10 bits per heavy atom. The first-order chi connectivity index (χ1) is 13.9. The van der Waals surface area contributed by atoms with E-state index in [9.17, 15) is 4.79 Å². The summed E-state index contributed by atoms with van der Waals surface area (Å²) in [7, 11) is 4.10. The fraction of sp³-hybridized carbons (Fsp3) is 0.500. The van der Waals surface area contributed by atoms with Crippen LogP contribution in [-0.2, 0) is 17.6 Å². The van der Waals surface area contributed by atoms with Crippen molar-refractivity contribution in [1.29, 1.82) is 0 Å². The van der Waals surface area contributed by atoms with Crippen molar-refractivity contribution in [3.8, 4) is 5.75 Å². The lowest BCUT2D eigenvalue weighted by molar-refractivity contribution is -0.121. The van der Waals surface area contributed by atoms with Crippen molar-refractivity contribution in [1.82, 2.24) is 9.88 Å². The molecule has 1 heterocycles. The second-order valence-corrected chi connectivity index (χ2v) is 8.42. The van der Waals surface area contributed by atoms with Crippen LogP contribution < -0.4 is 10.1 Å². The average Bonchev–Trinajstić information content (AvgIpc) is 2.71. The second kappa shape index (κ2) is 9.40. The summed E-state index contributed by atoms with van der Waals surface area (Å²) in [5, 5.41) is 2.96. The molecule has 0 saturated carbocycles. The SMILES string of the molecule is Cc1cc(OCCN(C)C)c(C)c2c1CCC(C(C)C(=O)Nc1ccccn1)C2. The number of nitrogens with zero attached hydrogens (tertiary/aromatic N) is 2. The fourth-order valence-corrected chi connectivity index (χ4v) is 4.13. The Morgan fingerprint density at radius 1 is 1.31 bits per heavy atom. The zero-order valence-electron chi connectivity index (χ0n) is 18.3. The van der Waals surface area contributed by atoms with E-state index in [0.717, 1.165) is 31.6 Å². The van der Waals surface area contributed by atoms with Crippen LogP contribution in [0.3, 0.4) is 0 Å². The van der Waals surface area contributed by atoms with Crippen molar-refractivity contribution in [3.05, 3.63) is 52.7 Å². The predicted octanol–water partition coefficient (Wildman–Crippen LogP) is 4.02. The maximum Gasteiger partial charge on any atom is 0.228 e. The third kappa shape index (κ3) is 5.15. The first-order valence-corrected chi connectivity index (χ1v) is 10.5. The molecule has 2 unspecified atom stereocenters. The lowest BCUT2D eigenvalue weighted by atomic mass is 9.74. The predicted molar refractivity (Wildman–Crippen MR) is 118 cm³/mol. The summed E-state index contributed by atoms with van der Waals surface area (Å²) < 4.78 is 6.09. The zero-order chi connectivity index (χ0) is 21.0. The van der Waals surface area contributed by atoms with E-state index in [4.69, 9.17) is 4.74 Å². The van der Waals surface area contributed by atoms with E-state index in [-0.39, 0.29) is 11.8 Å². The highest BCUT2D eigenvalue weighted by atomic mass is 16.5. The third-order valence-corrected chi connectivity index (χ3v) is 6.07. The number of nitrogens with one attached hydrogen (secondary N) is 1. The standard InChI is InChI=1S/C24H33N3O2/c1-16-14-22(29-13-12-27(4)5)18(3)21-15-19(9-10-20(16)21)17(2)24(28)26-23-8-6-7-11-25-23/h6-8,11,14,17,19H,9-10,12-13,15H2,1-5H3,(H,25,26,28). The summed E-state index contributed by atoms with van der Waals surface area (Å²) >= 11 is 0. The van der Waals surface area contributed by atoms with Crippen molar-refractivity contribution in [2.75, 3.05) is 32.6 Å². The number of carbonyl (C=O) groups excluding carboxylic acids is 1. The minimum absolute atomic E-state index is 0.0462. The van der Waals surface area contributed by atoms with Gasteiger partial charge in [-0.2, -0.15) is 0 Å². The molecule has 0 spiro atoms. The number of pyridine rings is 1. The molecule has 1 aromatic carbocycles. The number of hydrogen-bond donors (Lipinski definition) is 1. The smallest absolute Gasteiger partial charge is 0.228 e. The molecule has 0 fully saturated rings. The van der Waals surface area contributed by atoms with E-state index < -0.39 is 0 Å². The number of amides is 1. The zero-order valence-corrected chi connectivity index (χ0v) is 18.3. The highest BCUT2D eigenvalue weighted by Gasteiger charge is 2.30. The van der Waals surface area contributed by atoms with E-state index in [1.807, 2.05) is 25.1 Å². The quantitative estimate of drug-likeness (QED) is 0.769. The molecule has 3 rings (SSSR count). The molecule has 2 aromatic rings. The Hall–Kier alpha value is -2.40. The molecule has 1 aromatic heterocycles. The van der Waals surface area contributed by atoms with Gasteiger partial charge in [0, 0.05) is 18.7 Å². The number of ether oxygens (including phenoxy) is 1. The normalized spacial score (nSPS) is 17.0. The number of benzene rings is 1. The molecule has 5 heteroatoms. The summed E-state index contributed by atoms with van der Waals surface area (Å²) in [5.74, 6) is 1.90. The summed E-state index contributed by atoms with van der Waals surface area (Å²) in [6.07, 6.45) is 4.67. The Labute approximate surface area is 174 Å². The van der Waals surface area contributed by atoms with Gasteiger partial charge in [-0.15, -0.1) is 0 Å². The van der Waals surface area contributed by atoms with Crippen molar-refractivity contribution in [3.63, 3.8) is 0 Å². The van der Waals surface area contributed by atoms with Crippen LogP contribution >= 0.6 is 0 Å². The van der Waals surface area contributed by atoms with Gasteiger partial charge >= 0.3 is 0 Å². The number of rotatable bonds is 7. The molecular formula is C24H33N3O2. The largest absolute Gasteiger partial charge is 0.492 e. The topological polar surface area (TPSA) is 54.5 Å². The number of anilines is 1. The van der Waals surface area contributed by atoms with Crippen LogP contribution in [0.1, 0.15) is 35.6 Å². The Bertz CT molecular complexity index is 849. The minimum Gasteiger partial charge on any atom is -0.492 e. The van der Waals surface area contributed by atoms with Crippen molar-refractivity contribution < 1.29 is 9.53 Å².